The Bertz CT molecular complexity index is 212. The maximum absolute atomic E-state index is 2.19. The van der Waals surface area contributed by atoms with Crippen molar-refractivity contribution in [2.45, 2.75) is 109 Å². The molecule has 2 rings (SSSR count). The smallest absolute Gasteiger partial charge is 0.0411 e. The molecule has 0 unspecified atom stereocenters. The van der Waals surface area contributed by atoms with Gasteiger partial charge in [0.15, 0.2) is 0 Å². The fourth-order valence-electron chi connectivity index (χ4n) is 0.635. The Morgan fingerprint density at radius 3 is 0.500 bits per heavy atom. The van der Waals surface area contributed by atoms with E-state index in [0.717, 1.165) is 0 Å². The van der Waals surface area contributed by atoms with Crippen molar-refractivity contribution in [3.05, 3.63) is 36.4 Å². The van der Waals surface area contributed by atoms with Gasteiger partial charge in [-0.15, -0.1) is 0 Å². The molecule has 0 aromatic heterocycles. The summed E-state index contributed by atoms with van der Waals surface area (Å²) in [4.78, 5) is 0. The van der Waals surface area contributed by atoms with Gasteiger partial charge in [0.2, 0.25) is 0 Å². The van der Waals surface area contributed by atoms with E-state index >= 15 is 0 Å². The van der Waals surface area contributed by atoms with Crippen molar-refractivity contribution < 1.29 is 0 Å². The summed E-state index contributed by atoms with van der Waals surface area (Å²) in [6, 6.07) is 12.0. The van der Waals surface area contributed by atoms with Crippen LogP contribution in [0.4, 0.5) is 0 Å². The molecule has 1 saturated carbocycles. The van der Waals surface area contributed by atoms with Crippen LogP contribution in [0.25, 0.3) is 0 Å². The Labute approximate surface area is 156 Å². The molecule has 0 amide bonds. The summed E-state index contributed by atoms with van der Waals surface area (Å²) in [5.41, 5.74) is 1.00. The molecule has 0 spiro atoms. The van der Waals surface area contributed by atoms with Crippen molar-refractivity contribution in [2.24, 2.45) is 10.8 Å². The second kappa shape index (κ2) is 22.2. The third kappa shape index (κ3) is 102. The lowest BCUT2D eigenvalue weighted by Gasteiger charge is -2.05. The molecule has 0 nitrogen and oxygen atoms in total. The number of rotatable bonds is 0. The van der Waals surface area contributed by atoms with Crippen molar-refractivity contribution in [3.8, 4) is 0 Å². The maximum atomic E-state index is 2.19. The van der Waals surface area contributed by atoms with Gasteiger partial charge in [-0.1, -0.05) is 145 Å². The Morgan fingerprint density at radius 1 is 0.375 bits per heavy atom. The fourth-order valence-corrected chi connectivity index (χ4v) is 0.635. The van der Waals surface area contributed by atoms with Crippen LogP contribution in [0.3, 0.4) is 0 Å². The molecular weight excluding hydrogens is 288 g/mol. The van der Waals surface area contributed by atoms with E-state index in [1.165, 1.54) is 25.7 Å². The average molecular weight is 339 g/mol. The second-order valence-corrected chi connectivity index (χ2v) is 8.57. The van der Waals surface area contributed by atoms with E-state index in [0.29, 0.717) is 10.8 Å². The molecule has 1 aromatic carbocycles. The molecule has 0 N–H and O–H groups in total. The highest BCUT2D eigenvalue weighted by Crippen LogP contribution is 2.15. The molecule has 1 aliphatic rings. The van der Waals surface area contributed by atoms with Crippen molar-refractivity contribution >= 4 is 0 Å². The molecular formula is C24H50. The number of hydrogen-bond acceptors (Lipinski definition) is 0. The molecule has 1 aromatic rings. The average Bonchev–Trinajstić information content (AvgIpc) is 2.40. The van der Waals surface area contributed by atoms with Gasteiger partial charge < -0.3 is 0 Å². The summed E-state index contributed by atoms with van der Waals surface area (Å²) in [5, 5.41) is 0. The summed E-state index contributed by atoms with van der Waals surface area (Å²) in [7, 11) is 0. The first-order chi connectivity index (χ1) is 11.0. The Balaban J connectivity index is -0.000000105. The topological polar surface area (TPSA) is 0 Å². The molecule has 146 valence electrons. The van der Waals surface area contributed by atoms with Crippen LogP contribution in [-0.2, 0) is 0 Å². The third-order valence-corrected chi connectivity index (χ3v) is 1.67. The van der Waals surface area contributed by atoms with Crippen LogP contribution < -0.4 is 0 Å². The van der Waals surface area contributed by atoms with Crippen molar-refractivity contribution in [3.63, 3.8) is 0 Å². The molecule has 0 atom stereocenters. The number of hydrogen-bond donors (Lipinski definition) is 0. The molecule has 0 saturated heterocycles. The van der Waals surface area contributed by atoms with Crippen LogP contribution in [0.1, 0.15) is 109 Å². The van der Waals surface area contributed by atoms with Crippen LogP contribution in [0.15, 0.2) is 36.4 Å². The first-order valence-electron chi connectivity index (χ1n) is 10.0. The van der Waals surface area contributed by atoms with E-state index in [9.17, 15) is 0 Å². The monoisotopic (exact) mass is 338 g/mol. The fraction of sp³-hybridized carbons (Fsp3) is 0.750. The highest BCUT2D eigenvalue weighted by atomic mass is 14.0. The molecule has 1 fully saturated rings. The second-order valence-electron chi connectivity index (χ2n) is 8.57. The van der Waals surface area contributed by atoms with Gasteiger partial charge in [-0.2, -0.15) is 0 Å². The zero-order chi connectivity index (χ0) is 20.1. The van der Waals surface area contributed by atoms with Gasteiger partial charge in [0.05, 0.1) is 0 Å². The van der Waals surface area contributed by atoms with E-state index in [1.54, 1.807) is 0 Å². The predicted molar refractivity (Wildman–Crippen MR) is 118 cm³/mol. The minimum absolute atomic E-state index is 0.500. The van der Waals surface area contributed by atoms with Gasteiger partial charge in [-0.25, -0.2) is 0 Å². The van der Waals surface area contributed by atoms with E-state index in [4.69, 9.17) is 0 Å². The molecule has 0 heteroatoms. The van der Waals surface area contributed by atoms with Gasteiger partial charge in [0, 0.05) is 0 Å². The molecule has 1 aliphatic carbocycles. The summed E-state index contributed by atoms with van der Waals surface area (Å²) in [6.07, 6.45) is 6.00. The predicted octanol–water partition coefficient (Wildman–Crippen LogP) is 9.40. The minimum atomic E-state index is 0.500. The van der Waals surface area contributed by atoms with E-state index in [1.807, 2.05) is 64.1 Å². The molecule has 0 bridgehead atoms. The van der Waals surface area contributed by atoms with Gasteiger partial charge in [-0.3, -0.25) is 0 Å². The van der Waals surface area contributed by atoms with Gasteiger partial charge >= 0.3 is 0 Å². The largest absolute Gasteiger partial charge is 0.0683 e. The molecule has 0 radical (unpaired) electrons. The summed E-state index contributed by atoms with van der Waals surface area (Å²) in [6.45, 7) is 25.5. The van der Waals surface area contributed by atoms with Crippen LogP contribution in [0, 0.1) is 10.8 Å². The van der Waals surface area contributed by atoms with Crippen LogP contribution in [0.2, 0.25) is 0 Å². The van der Waals surface area contributed by atoms with Crippen LogP contribution in [-0.4, -0.2) is 0 Å². The molecule has 0 aliphatic heterocycles. The first kappa shape index (κ1) is 31.0. The van der Waals surface area contributed by atoms with Crippen molar-refractivity contribution in [1.82, 2.24) is 0 Å². The van der Waals surface area contributed by atoms with E-state index in [2.05, 4.69) is 55.4 Å². The van der Waals surface area contributed by atoms with Crippen molar-refractivity contribution in [1.29, 1.82) is 0 Å². The maximum Gasteiger partial charge on any atom is -0.0411 e. The zero-order valence-electron chi connectivity index (χ0n) is 19.3. The highest BCUT2D eigenvalue weighted by molar-refractivity contribution is 4.99. The van der Waals surface area contributed by atoms with Crippen LogP contribution in [0.5, 0.6) is 0 Å². The summed E-state index contributed by atoms with van der Waals surface area (Å²) < 4.78 is 0. The van der Waals surface area contributed by atoms with Gasteiger partial charge in [0.1, 0.15) is 0 Å². The number of benzene rings is 1. The lowest BCUT2D eigenvalue weighted by atomic mass is 10.0. The Morgan fingerprint density at radius 2 is 0.458 bits per heavy atom. The van der Waals surface area contributed by atoms with E-state index < -0.39 is 0 Å². The highest BCUT2D eigenvalue weighted by Gasteiger charge is 1.96. The SMILES string of the molecule is C1CCC1.CC.CC.CC(C)(C)C.CC(C)(C)C.c1ccccc1. The van der Waals surface area contributed by atoms with E-state index in [-0.39, 0.29) is 0 Å². The Kier molecular flexibility index (Phi) is 28.7. The zero-order valence-corrected chi connectivity index (χ0v) is 19.3. The van der Waals surface area contributed by atoms with Gasteiger partial charge in [0.25, 0.3) is 0 Å². The molecule has 24 heavy (non-hydrogen) atoms. The Hall–Kier alpha value is -0.780. The lowest BCUT2D eigenvalue weighted by molar-refractivity contribution is 0.469. The minimum Gasteiger partial charge on any atom is -0.0683 e. The van der Waals surface area contributed by atoms with Crippen molar-refractivity contribution in [2.75, 3.05) is 0 Å². The lowest BCUT2D eigenvalue weighted by Crippen LogP contribution is -1.93. The summed E-state index contributed by atoms with van der Waals surface area (Å²) in [5.74, 6) is 0. The summed E-state index contributed by atoms with van der Waals surface area (Å²) >= 11 is 0. The molecule has 0 heterocycles. The van der Waals surface area contributed by atoms with Gasteiger partial charge in [-0.05, 0) is 10.8 Å². The van der Waals surface area contributed by atoms with Crippen LogP contribution >= 0.6 is 0 Å². The first-order valence-corrected chi connectivity index (χ1v) is 10.0. The standard InChI is InChI=1S/C6H6.2C5H12.C4H8.2C2H6/c1-2-4-6-5-3-1;2*1-5(2,3)4;1-2-4-3-1;2*1-2/h1-6H;2*1-4H3;1-4H2;2*1-2H3. The quantitative estimate of drug-likeness (QED) is 0.442. The third-order valence-electron chi connectivity index (χ3n) is 1.67. The normalized spacial score (nSPS) is 11.5.